The van der Waals surface area contributed by atoms with Gasteiger partial charge in [-0.15, -0.1) is 11.3 Å². The summed E-state index contributed by atoms with van der Waals surface area (Å²) in [4.78, 5) is 1.38. The summed E-state index contributed by atoms with van der Waals surface area (Å²) >= 11 is 5.45. The fourth-order valence-corrected chi connectivity index (χ4v) is 3.93. The fourth-order valence-electron chi connectivity index (χ4n) is 2.32. The van der Waals surface area contributed by atoms with E-state index in [1.807, 2.05) is 24.6 Å². The molecule has 0 aliphatic heterocycles. The molecule has 0 radical (unpaired) electrons. The number of rotatable bonds is 5. The van der Waals surface area contributed by atoms with E-state index in [0.717, 1.165) is 10.9 Å². The molecule has 2 rings (SSSR count). The SMILES string of the molecule is CCc1ccsc1C(NC)c1c(Br)cnn1C(C)C. The molecule has 1 atom stereocenters. The maximum atomic E-state index is 4.48. The zero-order chi connectivity index (χ0) is 14.0. The summed E-state index contributed by atoms with van der Waals surface area (Å²) in [5.41, 5.74) is 2.61. The third kappa shape index (κ3) is 2.78. The largest absolute Gasteiger partial charge is 0.307 e. The summed E-state index contributed by atoms with van der Waals surface area (Å²) < 4.78 is 3.15. The van der Waals surface area contributed by atoms with E-state index in [1.165, 1.54) is 16.1 Å². The highest BCUT2D eigenvalue weighted by atomic mass is 79.9. The van der Waals surface area contributed by atoms with E-state index in [4.69, 9.17) is 0 Å². The van der Waals surface area contributed by atoms with Crippen LogP contribution in [0.4, 0.5) is 0 Å². The average Bonchev–Trinajstić information content (AvgIpc) is 2.98. The van der Waals surface area contributed by atoms with Gasteiger partial charge in [0.1, 0.15) is 0 Å². The topological polar surface area (TPSA) is 29.9 Å². The first-order chi connectivity index (χ1) is 9.10. The lowest BCUT2D eigenvalue weighted by atomic mass is 10.1. The Labute approximate surface area is 127 Å². The van der Waals surface area contributed by atoms with Crippen molar-refractivity contribution in [2.75, 3.05) is 7.05 Å². The first-order valence-corrected chi connectivity index (χ1v) is 8.23. The van der Waals surface area contributed by atoms with Gasteiger partial charge in [-0.05, 0) is 60.3 Å². The molecule has 0 amide bonds. The zero-order valence-corrected chi connectivity index (χ0v) is 14.2. The lowest BCUT2D eigenvalue weighted by Gasteiger charge is -2.21. The third-order valence-corrected chi connectivity index (χ3v) is 4.90. The van der Waals surface area contributed by atoms with Crippen molar-refractivity contribution in [1.82, 2.24) is 15.1 Å². The van der Waals surface area contributed by atoms with E-state index in [9.17, 15) is 0 Å². The van der Waals surface area contributed by atoms with Crippen LogP contribution in [0.2, 0.25) is 0 Å². The highest BCUT2D eigenvalue weighted by Crippen LogP contribution is 2.34. The number of aromatic nitrogens is 2. The quantitative estimate of drug-likeness (QED) is 0.884. The molecule has 3 nitrogen and oxygen atoms in total. The highest BCUT2D eigenvalue weighted by molar-refractivity contribution is 9.10. The van der Waals surface area contributed by atoms with Gasteiger partial charge in [-0.3, -0.25) is 4.68 Å². The van der Waals surface area contributed by atoms with Crippen molar-refractivity contribution in [3.8, 4) is 0 Å². The van der Waals surface area contributed by atoms with Crippen molar-refractivity contribution in [2.24, 2.45) is 0 Å². The highest BCUT2D eigenvalue weighted by Gasteiger charge is 2.24. The maximum absolute atomic E-state index is 4.48. The van der Waals surface area contributed by atoms with Gasteiger partial charge in [-0.2, -0.15) is 5.10 Å². The number of aryl methyl sites for hydroxylation is 1. The van der Waals surface area contributed by atoms with Crippen LogP contribution in [0.1, 0.15) is 49.0 Å². The first-order valence-electron chi connectivity index (χ1n) is 6.56. The van der Waals surface area contributed by atoms with E-state index in [2.05, 4.69) is 63.2 Å². The molecule has 0 aliphatic rings. The van der Waals surface area contributed by atoms with Gasteiger partial charge in [0.25, 0.3) is 0 Å². The molecular formula is C14H20BrN3S. The molecule has 104 valence electrons. The number of nitrogens with zero attached hydrogens (tertiary/aromatic N) is 2. The molecule has 0 bridgehead atoms. The van der Waals surface area contributed by atoms with Gasteiger partial charge >= 0.3 is 0 Å². The maximum Gasteiger partial charge on any atom is 0.0853 e. The molecule has 1 N–H and O–H groups in total. The Bertz CT molecular complexity index is 545. The Morgan fingerprint density at radius 3 is 2.79 bits per heavy atom. The minimum Gasteiger partial charge on any atom is -0.307 e. The van der Waals surface area contributed by atoms with Crippen LogP contribution in [-0.2, 0) is 6.42 Å². The second-order valence-electron chi connectivity index (χ2n) is 4.80. The zero-order valence-electron chi connectivity index (χ0n) is 11.8. The van der Waals surface area contributed by atoms with E-state index in [-0.39, 0.29) is 6.04 Å². The van der Waals surface area contributed by atoms with E-state index in [1.54, 1.807) is 0 Å². The van der Waals surface area contributed by atoms with Crippen LogP contribution in [0.15, 0.2) is 22.1 Å². The van der Waals surface area contributed by atoms with Gasteiger partial charge in [-0.25, -0.2) is 0 Å². The van der Waals surface area contributed by atoms with Crippen LogP contribution < -0.4 is 5.32 Å². The monoisotopic (exact) mass is 341 g/mol. The number of hydrogen-bond donors (Lipinski definition) is 1. The Morgan fingerprint density at radius 1 is 1.47 bits per heavy atom. The van der Waals surface area contributed by atoms with Gasteiger partial charge in [0.05, 0.1) is 22.4 Å². The molecule has 0 aliphatic carbocycles. The summed E-state index contributed by atoms with van der Waals surface area (Å²) in [5.74, 6) is 0. The standard InChI is InChI=1S/C14H20BrN3S/c1-5-10-6-7-19-14(10)12(16-4)13-11(15)8-17-18(13)9(2)3/h6-9,12,16H,5H2,1-4H3. The lowest BCUT2D eigenvalue weighted by Crippen LogP contribution is -2.23. The Hall–Kier alpha value is -0.650. The predicted molar refractivity (Wildman–Crippen MR) is 84.9 cm³/mol. The second-order valence-corrected chi connectivity index (χ2v) is 6.60. The molecule has 19 heavy (non-hydrogen) atoms. The van der Waals surface area contributed by atoms with Crippen molar-refractivity contribution in [2.45, 2.75) is 39.3 Å². The molecule has 2 aromatic heterocycles. The van der Waals surface area contributed by atoms with Crippen LogP contribution in [0.25, 0.3) is 0 Å². The van der Waals surface area contributed by atoms with Gasteiger partial charge in [-0.1, -0.05) is 6.92 Å². The van der Waals surface area contributed by atoms with Gasteiger partial charge < -0.3 is 5.32 Å². The molecule has 0 saturated heterocycles. The number of hydrogen-bond acceptors (Lipinski definition) is 3. The molecule has 0 fully saturated rings. The molecule has 0 aromatic carbocycles. The fraction of sp³-hybridized carbons (Fsp3) is 0.500. The number of nitrogens with one attached hydrogen (secondary N) is 1. The van der Waals surface area contributed by atoms with Crippen molar-refractivity contribution < 1.29 is 0 Å². The lowest BCUT2D eigenvalue weighted by molar-refractivity contribution is 0.484. The molecule has 0 saturated carbocycles. The van der Waals surface area contributed by atoms with Crippen LogP contribution in [0.3, 0.4) is 0 Å². The molecular weight excluding hydrogens is 322 g/mol. The van der Waals surface area contributed by atoms with Gasteiger partial charge in [0, 0.05) is 10.9 Å². The Balaban J connectivity index is 2.51. The van der Waals surface area contributed by atoms with Crippen molar-refractivity contribution in [3.63, 3.8) is 0 Å². The minimum absolute atomic E-state index is 0.189. The Kier molecular flexibility index (Phi) is 4.81. The van der Waals surface area contributed by atoms with Crippen LogP contribution in [0.5, 0.6) is 0 Å². The molecule has 2 aromatic rings. The summed E-state index contributed by atoms with van der Waals surface area (Å²) in [6, 6.07) is 2.75. The molecule has 0 spiro atoms. The van der Waals surface area contributed by atoms with Gasteiger partial charge in [0.2, 0.25) is 0 Å². The van der Waals surface area contributed by atoms with Crippen molar-refractivity contribution >= 4 is 27.3 Å². The number of halogens is 1. The summed E-state index contributed by atoms with van der Waals surface area (Å²) in [5, 5.41) is 10.1. The van der Waals surface area contributed by atoms with E-state index >= 15 is 0 Å². The van der Waals surface area contributed by atoms with E-state index in [0.29, 0.717) is 6.04 Å². The summed E-state index contributed by atoms with van der Waals surface area (Å²) in [6.45, 7) is 6.52. The smallest absolute Gasteiger partial charge is 0.0853 e. The Morgan fingerprint density at radius 2 is 2.21 bits per heavy atom. The van der Waals surface area contributed by atoms with Crippen LogP contribution in [0, 0.1) is 0 Å². The predicted octanol–water partition coefficient (Wildman–Crippen LogP) is 4.16. The molecule has 2 heterocycles. The summed E-state index contributed by atoms with van der Waals surface area (Å²) in [7, 11) is 2.01. The molecule has 1 unspecified atom stereocenters. The molecule has 5 heteroatoms. The third-order valence-electron chi connectivity index (χ3n) is 3.26. The van der Waals surface area contributed by atoms with Crippen LogP contribution in [-0.4, -0.2) is 16.8 Å². The minimum atomic E-state index is 0.189. The normalized spacial score (nSPS) is 13.2. The van der Waals surface area contributed by atoms with Crippen molar-refractivity contribution in [1.29, 1.82) is 0 Å². The number of thiophene rings is 1. The van der Waals surface area contributed by atoms with Crippen molar-refractivity contribution in [3.05, 3.63) is 38.3 Å². The first kappa shape index (κ1) is 14.8. The van der Waals surface area contributed by atoms with Crippen LogP contribution >= 0.6 is 27.3 Å². The average molecular weight is 342 g/mol. The second kappa shape index (κ2) is 6.20. The van der Waals surface area contributed by atoms with Gasteiger partial charge in [0.15, 0.2) is 0 Å². The van der Waals surface area contributed by atoms with E-state index < -0.39 is 0 Å². The summed E-state index contributed by atoms with van der Waals surface area (Å²) in [6.07, 6.45) is 2.95.